The second-order valence-electron chi connectivity index (χ2n) is 7.36. The molecule has 9 heteroatoms. The zero-order chi connectivity index (χ0) is 24.1. The van der Waals surface area contributed by atoms with Gasteiger partial charge in [-0.2, -0.15) is 0 Å². The number of imidazole rings is 2. The van der Waals surface area contributed by atoms with Crippen molar-refractivity contribution in [2.75, 3.05) is 19.0 Å². The van der Waals surface area contributed by atoms with Crippen LogP contribution in [-0.4, -0.2) is 44.5 Å². The minimum Gasteiger partial charge on any atom is -0.495 e. The quantitative estimate of drug-likeness (QED) is 0.245. The number of aromatic amines is 1. The van der Waals surface area contributed by atoms with Crippen molar-refractivity contribution in [3.05, 3.63) is 83.6 Å². The molecule has 174 valence electrons. The van der Waals surface area contributed by atoms with E-state index >= 15 is 0 Å². The number of carbonyl (C=O) groups is 1. The number of alkyl halides is 1. The summed E-state index contributed by atoms with van der Waals surface area (Å²) in [5.74, 6) is 0.217. The molecule has 0 bridgehead atoms. The maximum atomic E-state index is 13.4. The number of methoxy groups -OCH3 is 1. The zero-order valence-corrected chi connectivity index (χ0v) is 20.2. The van der Waals surface area contributed by atoms with E-state index in [0.717, 1.165) is 16.9 Å². The summed E-state index contributed by atoms with van der Waals surface area (Å²) in [6.07, 6.45) is 7.26. The predicted octanol–water partition coefficient (Wildman–Crippen LogP) is 5.44. The molecule has 0 aliphatic carbocycles. The van der Waals surface area contributed by atoms with E-state index in [1.807, 2.05) is 42.0 Å². The summed E-state index contributed by atoms with van der Waals surface area (Å²) in [5, 5.41) is 0.512. The van der Waals surface area contributed by atoms with Crippen LogP contribution in [0.3, 0.4) is 0 Å². The van der Waals surface area contributed by atoms with Crippen LogP contribution in [-0.2, 0) is 4.74 Å². The molecule has 0 atom stereocenters. The average molecular weight is 525 g/mol. The number of nitrogens with one attached hydrogen (secondary N) is 1. The van der Waals surface area contributed by atoms with Crippen molar-refractivity contribution >= 4 is 34.1 Å². The van der Waals surface area contributed by atoms with Crippen molar-refractivity contribution in [3.8, 4) is 22.7 Å². The number of rotatable bonds is 8. The summed E-state index contributed by atoms with van der Waals surface area (Å²) in [5.41, 5.74) is 3.87. The molecular weight excluding hydrogens is 503 g/mol. The Kier molecular flexibility index (Phi) is 7.22. The molecule has 2 aromatic heterocycles. The first-order valence-corrected chi connectivity index (χ1v) is 11.6. The van der Waals surface area contributed by atoms with Gasteiger partial charge < -0.3 is 19.0 Å². The Hall–Kier alpha value is -3.72. The van der Waals surface area contributed by atoms with Gasteiger partial charge in [-0.1, -0.05) is 28.1 Å². The maximum Gasteiger partial charge on any atom is 0.359 e. The van der Waals surface area contributed by atoms with E-state index in [4.69, 9.17) is 9.47 Å². The summed E-state index contributed by atoms with van der Waals surface area (Å²) >= 11 is 3.24. The fourth-order valence-electron chi connectivity index (χ4n) is 3.38. The number of aromatic nitrogens is 4. The lowest BCUT2D eigenvalue weighted by atomic mass is 10.1. The molecule has 0 unspecified atom stereocenters. The Morgan fingerprint density at radius 2 is 2.00 bits per heavy atom. The minimum absolute atomic E-state index is 0.135. The topological polar surface area (TPSA) is 82.0 Å². The van der Waals surface area contributed by atoms with Gasteiger partial charge in [-0.05, 0) is 55.0 Å². The largest absolute Gasteiger partial charge is 0.495 e. The van der Waals surface area contributed by atoms with Gasteiger partial charge in [-0.25, -0.2) is 19.2 Å². The number of H-pyrrole nitrogens is 1. The Labute approximate surface area is 204 Å². The molecule has 0 saturated heterocycles. The minimum atomic E-state index is -0.559. The highest BCUT2D eigenvalue weighted by molar-refractivity contribution is 9.09. The average Bonchev–Trinajstić information content (AvgIpc) is 3.48. The highest BCUT2D eigenvalue weighted by Crippen LogP contribution is 2.27. The van der Waals surface area contributed by atoms with Gasteiger partial charge in [0.1, 0.15) is 24.0 Å². The van der Waals surface area contributed by atoms with Crippen molar-refractivity contribution in [3.63, 3.8) is 0 Å². The van der Waals surface area contributed by atoms with Gasteiger partial charge in [0.05, 0.1) is 30.5 Å². The van der Waals surface area contributed by atoms with Crippen molar-refractivity contribution in [2.24, 2.45) is 0 Å². The number of nitrogens with zero attached hydrogens (tertiary/aromatic N) is 3. The molecular formula is C25H22BrFN4O3. The van der Waals surface area contributed by atoms with Crippen LogP contribution in [0.15, 0.2) is 55.0 Å². The molecule has 4 aromatic rings. The second kappa shape index (κ2) is 10.5. The molecule has 0 saturated carbocycles. The highest BCUT2D eigenvalue weighted by Gasteiger charge is 2.19. The summed E-state index contributed by atoms with van der Waals surface area (Å²) in [4.78, 5) is 24.4. The first kappa shape index (κ1) is 23.4. The van der Waals surface area contributed by atoms with Crippen LogP contribution in [0, 0.1) is 12.7 Å². The summed E-state index contributed by atoms with van der Waals surface area (Å²) in [6.45, 7) is 2.13. The van der Waals surface area contributed by atoms with Gasteiger partial charge in [0.2, 0.25) is 0 Å². The number of ether oxygens (including phenoxy) is 2. The SMILES string of the molecule is COc1cc(C=Cc2nc(C(=O)OCCBr)c(-c3ccc(F)cc3)[nH]2)ccc1-n1cnc(C)c1. The fraction of sp³-hybridized carbons (Fsp3) is 0.160. The number of esters is 1. The molecule has 0 spiro atoms. The molecule has 7 nitrogen and oxygen atoms in total. The summed E-state index contributed by atoms with van der Waals surface area (Å²) in [7, 11) is 1.61. The third-order valence-electron chi connectivity index (χ3n) is 4.99. The van der Waals surface area contributed by atoms with E-state index in [1.54, 1.807) is 31.6 Å². The zero-order valence-electron chi connectivity index (χ0n) is 18.6. The van der Waals surface area contributed by atoms with Gasteiger partial charge in [0.25, 0.3) is 0 Å². The molecule has 2 heterocycles. The van der Waals surface area contributed by atoms with Crippen LogP contribution < -0.4 is 4.74 Å². The third kappa shape index (κ3) is 5.26. The van der Waals surface area contributed by atoms with E-state index < -0.39 is 5.97 Å². The number of aryl methyl sites for hydroxylation is 1. The Balaban J connectivity index is 1.64. The van der Waals surface area contributed by atoms with E-state index in [9.17, 15) is 9.18 Å². The summed E-state index contributed by atoms with van der Waals surface area (Å²) < 4.78 is 26.1. The fourth-order valence-corrected chi connectivity index (χ4v) is 3.54. The molecule has 0 amide bonds. The van der Waals surface area contributed by atoms with Crippen molar-refractivity contribution in [2.45, 2.75) is 6.92 Å². The van der Waals surface area contributed by atoms with Crippen LogP contribution in [0.4, 0.5) is 4.39 Å². The highest BCUT2D eigenvalue weighted by atomic mass is 79.9. The van der Waals surface area contributed by atoms with Crippen LogP contribution in [0.25, 0.3) is 29.1 Å². The van der Waals surface area contributed by atoms with Gasteiger partial charge in [-0.3, -0.25) is 0 Å². The molecule has 0 aliphatic heterocycles. The second-order valence-corrected chi connectivity index (χ2v) is 8.16. The van der Waals surface area contributed by atoms with E-state index in [-0.39, 0.29) is 18.1 Å². The number of carbonyl (C=O) groups excluding carboxylic acids is 1. The van der Waals surface area contributed by atoms with Crippen LogP contribution in [0.5, 0.6) is 5.75 Å². The lowest BCUT2D eigenvalue weighted by Crippen LogP contribution is -2.09. The van der Waals surface area contributed by atoms with Crippen LogP contribution >= 0.6 is 15.9 Å². The number of hydrogen-bond donors (Lipinski definition) is 1. The van der Waals surface area contributed by atoms with E-state index in [1.165, 1.54) is 12.1 Å². The first-order valence-electron chi connectivity index (χ1n) is 10.4. The smallest absolute Gasteiger partial charge is 0.359 e. The molecule has 1 N–H and O–H groups in total. The molecule has 0 fully saturated rings. The maximum absolute atomic E-state index is 13.4. The van der Waals surface area contributed by atoms with Gasteiger partial charge >= 0.3 is 5.97 Å². The Morgan fingerprint density at radius 3 is 2.68 bits per heavy atom. The van der Waals surface area contributed by atoms with E-state index in [0.29, 0.717) is 28.2 Å². The standard InChI is InChI=1S/C25H22BrFN4O3/c1-16-14-31(15-28-16)20-9-3-17(13-21(20)33-2)4-10-22-29-23(18-5-7-19(27)8-6-18)24(30-22)25(32)34-12-11-26/h3-10,13-15H,11-12H2,1-2H3,(H,29,30). The Morgan fingerprint density at radius 1 is 1.21 bits per heavy atom. The monoisotopic (exact) mass is 524 g/mol. The molecule has 2 aromatic carbocycles. The van der Waals surface area contributed by atoms with Gasteiger partial charge in [0, 0.05) is 17.1 Å². The lowest BCUT2D eigenvalue weighted by Gasteiger charge is -2.09. The van der Waals surface area contributed by atoms with Crippen LogP contribution in [0.1, 0.15) is 27.6 Å². The first-order chi connectivity index (χ1) is 16.5. The third-order valence-corrected chi connectivity index (χ3v) is 5.31. The lowest BCUT2D eigenvalue weighted by molar-refractivity contribution is 0.0526. The summed E-state index contributed by atoms with van der Waals surface area (Å²) in [6, 6.07) is 11.6. The number of hydrogen-bond acceptors (Lipinski definition) is 5. The predicted molar refractivity (Wildman–Crippen MR) is 132 cm³/mol. The van der Waals surface area contributed by atoms with E-state index in [2.05, 4.69) is 30.9 Å². The normalized spacial score (nSPS) is 11.2. The molecule has 0 radical (unpaired) electrons. The van der Waals surface area contributed by atoms with Crippen LogP contribution in [0.2, 0.25) is 0 Å². The number of benzene rings is 2. The van der Waals surface area contributed by atoms with Gasteiger partial charge in [0.15, 0.2) is 5.69 Å². The molecule has 0 aliphatic rings. The van der Waals surface area contributed by atoms with Crippen molar-refractivity contribution in [1.29, 1.82) is 0 Å². The Bertz CT molecular complexity index is 1330. The number of halogens is 2. The van der Waals surface area contributed by atoms with Gasteiger partial charge in [-0.15, -0.1) is 0 Å². The van der Waals surface area contributed by atoms with Crippen molar-refractivity contribution in [1.82, 2.24) is 19.5 Å². The molecule has 4 rings (SSSR count). The van der Waals surface area contributed by atoms with Crippen molar-refractivity contribution < 1.29 is 18.7 Å². The molecule has 34 heavy (non-hydrogen) atoms.